The lowest BCUT2D eigenvalue weighted by Crippen LogP contribution is -2.39. The minimum absolute atomic E-state index is 0.120. The molecule has 0 fully saturated rings. The van der Waals surface area contributed by atoms with Crippen molar-refractivity contribution >= 4 is 17.7 Å². The second kappa shape index (κ2) is 14.3. The molecule has 0 saturated heterocycles. The SMILES string of the molecule is CCCCCN(C(=O)NC)c1cccc(CCCC)c1-c1nccn1Cc1ccc(-c2ccccc2C(=O)O)cc1. The number of anilines is 1. The molecule has 41 heavy (non-hydrogen) atoms. The topological polar surface area (TPSA) is 87.5 Å². The van der Waals surface area contributed by atoms with Crippen LogP contribution in [0.3, 0.4) is 0 Å². The Morgan fingerprint density at radius 2 is 1.68 bits per heavy atom. The van der Waals surface area contributed by atoms with Gasteiger partial charge in [-0.15, -0.1) is 0 Å². The summed E-state index contributed by atoms with van der Waals surface area (Å²) in [5.74, 6) is -0.109. The molecule has 214 valence electrons. The van der Waals surface area contributed by atoms with Crippen LogP contribution in [0, 0.1) is 0 Å². The van der Waals surface area contributed by atoms with Crippen LogP contribution < -0.4 is 10.2 Å². The molecular formula is C34H40N4O3. The standard InChI is InChI=1S/C34H40N4O3/c1-4-6-10-22-38(34(41)35-3)30-16-11-13-27(12-7-5-2)31(30)32-36-21-23-37(32)24-25-17-19-26(20-18-25)28-14-8-9-15-29(28)33(39)40/h8-9,11,13-21,23H,4-7,10,12,22,24H2,1-3H3,(H,35,41)(H,39,40). The van der Waals surface area contributed by atoms with Crippen molar-refractivity contribution in [2.45, 2.75) is 58.9 Å². The van der Waals surface area contributed by atoms with E-state index in [1.165, 1.54) is 5.56 Å². The molecule has 2 amide bonds. The van der Waals surface area contributed by atoms with Crippen LogP contribution >= 0.6 is 0 Å². The minimum atomic E-state index is -0.939. The lowest BCUT2D eigenvalue weighted by molar-refractivity contribution is 0.0697. The Morgan fingerprint density at radius 1 is 0.927 bits per heavy atom. The van der Waals surface area contributed by atoms with Crippen molar-refractivity contribution in [1.82, 2.24) is 14.9 Å². The van der Waals surface area contributed by atoms with Crippen molar-refractivity contribution in [3.63, 3.8) is 0 Å². The molecule has 1 aromatic heterocycles. The number of aryl methyl sites for hydroxylation is 1. The van der Waals surface area contributed by atoms with Gasteiger partial charge in [0.2, 0.25) is 0 Å². The van der Waals surface area contributed by atoms with E-state index in [1.807, 2.05) is 65.8 Å². The van der Waals surface area contributed by atoms with Gasteiger partial charge >= 0.3 is 12.0 Å². The fraction of sp³-hybridized carbons (Fsp3) is 0.324. The van der Waals surface area contributed by atoms with Crippen LogP contribution in [-0.2, 0) is 13.0 Å². The zero-order chi connectivity index (χ0) is 29.2. The number of carboxylic acids is 1. The zero-order valence-corrected chi connectivity index (χ0v) is 24.3. The van der Waals surface area contributed by atoms with E-state index < -0.39 is 5.97 Å². The van der Waals surface area contributed by atoms with E-state index in [0.29, 0.717) is 18.7 Å². The van der Waals surface area contributed by atoms with Crippen LogP contribution in [0.15, 0.2) is 79.1 Å². The number of carboxylic acid groups (broad SMARTS) is 1. The second-order valence-corrected chi connectivity index (χ2v) is 10.3. The van der Waals surface area contributed by atoms with Gasteiger partial charge in [0.15, 0.2) is 0 Å². The summed E-state index contributed by atoms with van der Waals surface area (Å²) in [7, 11) is 1.68. The molecule has 0 spiro atoms. The van der Waals surface area contributed by atoms with Gasteiger partial charge in [-0.3, -0.25) is 4.90 Å². The number of amides is 2. The first-order valence-corrected chi connectivity index (χ1v) is 14.5. The highest BCUT2D eigenvalue weighted by atomic mass is 16.4. The van der Waals surface area contributed by atoms with Crippen molar-refractivity contribution in [3.8, 4) is 22.5 Å². The Labute approximate surface area is 242 Å². The third-order valence-electron chi connectivity index (χ3n) is 7.38. The summed E-state index contributed by atoms with van der Waals surface area (Å²) in [6.45, 7) is 5.57. The Hall–Kier alpha value is -4.39. The maximum atomic E-state index is 13.1. The van der Waals surface area contributed by atoms with Crippen LogP contribution in [0.25, 0.3) is 22.5 Å². The molecule has 0 saturated carbocycles. The predicted molar refractivity (Wildman–Crippen MR) is 166 cm³/mol. The highest BCUT2D eigenvalue weighted by molar-refractivity contribution is 5.97. The van der Waals surface area contributed by atoms with Gasteiger partial charge in [0.25, 0.3) is 0 Å². The molecule has 0 aliphatic carbocycles. The first-order chi connectivity index (χ1) is 20.0. The third-order valence-corrected chi connectivity index (χ3v) is 7.38. The van der Waals surface area contributed by atoms with E-state index in [1.54, 1.807) is 19.2 Å². The van der Waals surface area contributed by atoms with Gasteiger partial charge in [0.1, 0.15) is 5.82 Å². The third kappa shape index (κ3) is 7.04. The number of benzene rings is 3. The van der Waals surface area contributed by atoms with E-state index in [0.717, 1.165) is 66.7 Å². The highest BCUT2D eigenvalue weighted by Crippen LogP contribution is 2.35. The number of aromatic carboxylic acids is 1. The molecule has 0 atom stereocenters. The number of carbonyl (C=O) groups excluding carboxylic acids is 1. The maximum absolute atomic E-state index is 13.1. The van der Waals surface area contributed by atoms with Gasteiger partial charge in [0, 0.05) is 38.1 Å². The molecule has 1 heterocycles. The summed E-state index contributed by atoms with van der Waals surface area (Å²) in [5, 5.41) is 12.4. The second-order valence-electron chi connectivity index (χ2n) is 10.3. The average molecular weight is 553 g/mol. The number of unbranched alkanes of at least 4 members (excludes halogenated alkanes) is 3. The number of hydrogen-bond donors (Lipinski definition) is 2. The van der Waals surface area contributed by atoms with Crippen LogP contribution in [0.5, 0.6) is 0 Å². The first kappa shape index (κ1) is 29.6. The fourth-order valence-electron chi connectivity index (χ4n) is 5.20. The van der Waals surface area contributed by atoms with E-state index in [-0.39, 0.29) is 11.6 Å². The molecule has 4 rings (SSSR count). The summed E-state index contributed by atoms with van der Waals surface area (Å²) in [6.07, 6.45) is 9.88. The molecule has 2 N–H and O–H groups in total. The van der Waals surface area contributed by atoms with Gasteiger partial charge in [-0.2, -0.15) is 0 Å². The summed E-state index contributed by atoms with van der Waals surface area (Å²) >= 11 is 0. The number of rotatable bonds is 13. The van der Waals surface area contributed by atoms with Crippen LogP contribution in [-0.4, -0.2) is 40.3 Å². The Balaban J connectivity index is 1.71. The van der Waals surface area contributed by atoms with Gasteiger partial charge in [-0.25, -0.2) is 14.6 Å². The Kier molecular flexibility index (Phi) is 10.3. The van der Waals surface area contributed by atoms with Crippen molar-refractivity contribution in [2.75, 3.05) is 18.5 Å². The van der Waals surface area contributed by atoms with E-state index in [9.17, 15) is 14.7 Å². The Bertz CT molecular complexity index is 1460. The largest absolute Gasteiger partial charge is 0.478 e. The Morgan fingerprint density at radius 3 is 2.39 bits per heavy atom. The molecule has 4 aromatic rings. The molecule has 7 nitrogen and oxygen atoms in total. The fourth-order valence-corrected chi connectivity index (χ4v) is 5.20. The van der Waals surface area contributed by atoms with Crippen molar-refractivity contribution in [1.29, 1.82) is 0 Å². The maximum Gasteiger partial charge on any atom is 0.336 e. The number of aromatic nitrogens is 2. The van der Waals surface area contributed by atoms with Gasteiger partial charge < -0.3 is 15.0 Å². The monoisotopic (exact) mass is 552 g/mol. The quantitative estimate of drug-likeness (QED) is 0.167. The number of nitrogens with one attached hydrogen (secondary N) is 1. The lowest BCUT2D eigenvalue weighted by Gasteiger charge is -2.26. The van der Waals surface area contributed by atoms with Gasteiger partial charge in [-0.05, 0) is 53.6 Å². The van der Waals surface area contributed by atoms with Gasteiger partial charge in [0.05, 0.1) is 11.3 Å². The van der Waals surface area contributed by atoms with E-state index in [2.05, 4.69) is 29.8 Å². The summed E-state index contributed by atoms with van der Waals surface area (Å²) in [5.41, 5.74) is 5.97. The zero-order valence-electron chi connectivity index (χ0n) is 24.3. The highest BCUT2D eigenvalue weighted by Gasteiger charge is 2.23. The molecule has 0 aliphatic heterocycles. The number of urea groups is 1. The molecular weight excluding hydrogens is 512 g/mol. The van der Waals surface area contributed by atoms with Crippen LogP contribution in [0.4, 0.5) is 10.5 Å². The molecule has 3 aromatic carbocycles. The molecule has 0 radical (unpaired) electrons. The number of nitrogens with zero attached hydrogens (tertiary/aromatic N) is 3. The normalized spacial score (nSPS) is 10.9. The van der Waals surface area contributed by atoms with Gasteiger partial charge in [-0.1, -0.05) is 87.7 Å². The summed E-state index contributed by atoms with van der Waals surface area (Å²) < 4.78 is 2.13. The van der Waals surface area contributed by atoms with Crippen LogP contribution in [0.2, 0.25) is 0 Å². The van der Waals surface area contributed by atoms with Crippen LogP contribution in [0.1, 0.15) is 67.4 Å². The summed E-state index contributed by atoms with van der Waals surface area (Å²) in [4.78, 5) is 31.5. The number of carbonyl (C=O) groups is 2. The molecule has 0 bridgehead atoms. The molecule has 7 heteroatoms. The van der Waals surface area contributed by atoms with Crippen molar-refractivity contribution in [3.05, 3.63) is 95.8 Å². The van der Waals surface area contributed by atoms with Crippen molar-refractivity contribution in [2.24, 2.45) is 0 Å². The minimum Gasteiger partial charge on any atom is -0.478 e. The van der Waals surface area contributed by atoms with E-state index >= 15 is 0 Å². The summed E-state index contributed by atoms with van der Waals surface area (Å²) in [6, 6.07) is 21.1. The predicted octanol–water partition coefficient (Wildman–Crippen LogP) is 7.64. The smallest absolute Gasteiger partial charge is 0.336 e. The number of imidazole rings is 1. The average Bonchev–Trinajstić information content (AvgIpc) is 3.45. The van der Waals surface area contributed by atoms with E-state index in [4.69, 9.17) is 4.98 Å². The lowest BCUT2D eigenvalue weighted by atomic mass is 9.98. The number of hydrogen-bond acceptors (Lipinski definition) is 3. The first-order valence-electron chi connectivity index (χ1n) is 14.5. The molecule has 0 aliphatic rings. The molecule has 0 unspecified atom stereocenters. The van der Waals surface area contributed by atoms with Crippen molar-refractivity contribution < 1.29 is 14.7 Å².